The number of nitrogens with zero attached hydrogens (tertiary/aromatic N) is 6. The van der Waals surface area contributed by atoms with Crippen molar-refractivity contribution in [2.75, 3.05) is 7.11 Å². The summed E-state index contributed by atoms with van der Waals surface area (Å²) in [5.41, 5.74) is 1.29. The molecular weight excluding hydrogens is 338 g/mol. The number of esters is 1. The lowest BCUT2D eigenvalue weighted by Gasteiger charge is -2.04. The first-order valence-corrected chi connectivity index (χ1v) is 7.94. The minimum Gasteiger partial charge on any atom is -0.465 e. The van der Waals surface area contributed by atoms with Crippen molar-refractivity contribution in [1.82, 2.24) is 34.3 Å². The number of pyridine rings is 1. The highest BCUT2D eigenvalue weighted by Crippen LogP contribution is 2.19. The molecule has 0 bridgehead atoms. The Morgan fingerprint density at radius 3 is 2.88 bits per heavy atom. The number of aromatic amines is 1. The molecule has 10 nitrogen and oxygen atoms in total. The van der Waals surface area contributed by atoms with Crippen molar-refractivity contribution in [2.24, 2.45) is 0 Å². The van der Waals surface area contributed by atoms with E-state index in [9.17, 15) is 9.59 Å². The molecule has 0 spiro atoms. The summed E-state index contributed by atoms with van der Waals surface area (Å²) in [5, 5.41) is 11.5. The molecule has 4 heterocycles. The molecule has 10 heteroatoms. The zero-order valence-electron chi connectivity index (χ0n) is 14.3. The van der Waals surface area contributed by atoms with Crippen LogP contribution in [0, 0.1) is 6.92 Å². The Balaban J connectivity index is 1.98. The van der Waals surface area contributed by atoms with E-state index in [0.29, 0.717) is 34.5 Å². The molecule has 132 valence electrons. The lowest BCUT2D eigenvalue weighted by atomic mass is 10.2. The summed E-state index contributed by atoms with van der Waals surface area (Å²) < 4.78 is 7.60. The van der Waals surface area contributed by atoms with Crippen molar-refractivity contribution in [1.29, 1.82) is 0 Å². The van der Waals surface area contributed by atoms with E-state index in [4.69, 9.17) is 4.74 Å². The smallest absolute Gasteiger partial charge is 0.343 e. The third-order valence-electron chi connectivity index (χ3n) is 4.15. The Labute approximate surface area is 146 Å². The van der Waals surface area contributed by atoms with Crippen LogP contribution in [0.25, 0.3) is 22.5 Å². The summed E-state index contributed by atoms with van der Waals surface area (Å²) in [6.45, 7) is 3.63. The second kappa shape index (κ2) is 5.76. The molecule has 0 saturated carbocycles. The van der Waals surface area contributed by atoms with E-state index >= 15 is 0 Å². The summed E-state index contributed by atoms with van der Waals surface area (Å²) in [6.07, 6.45) is 3.67. The first kappa shape index (κ1) is 15.9. The van der Waals surface area contributed by atoms with Crippen LogP contribution in [0.5, 0.6) is 0 Å². The fourth-order valence-electron chi connectivity index (χ4n) is 2.83. The summed E-state index contributed by atoms with van der Waals surface area (Å²) in [5.74, 6) is 0.428. The average Bonchev–Trinajstić information content (AvgIpc) is 3.25. The number of H-pyrrole nitrogens is 1. The topological polar surface area (TPSA) is 120 Å². The zero-order valence-corrected chi connectivity index (χ0v) is 14.3. The second-order valence-corrected chi connectivity index (χ2v) is 5.67. The van der Waals surface area contributed by atoms with Crippen LogP contribution in [-0.2, 0) is 11.2 Å². The van der Waals surface area contributed by atoms with Gasteiger partial charge in [0.2, 0.25) is 0 Å². The summed E-state index contributed by atoms with van der Waals surface area (Å²) >= 11 is 0. The SMILES string of the molecule is CCc1nc(-n2ccc3c(cnc4c(C(=O)OC)c(C)nn43)c2=O)n[nH]1. The van der Waals surface area contributed by atoms with Gasteiger partial charge in [0.25, 0.3) is 11.5 Å². The number of aryl methyl sites for hydroxylation is 2. The number of hydrogen-bond acceptors (Lipinski definition) is 7. The predicted molar refractivity (Wildman–Crippen MR) is 91.5 cm³/mol. The number of nitrogens with one attached hydrogen (secondary N) is 1. The number of carbonyl (C=O) groups is 1. The van der Waals surface area contributed by atoms with Crippen LogP contribution in [0.4, 0.5) is 0 Å². The van der Waals surface area contributed by atoms with Crippen LogP contribution in [0.2, 0.25) is 0 Å². The van der Waals surface area contributed by atoms with E-state index < -0.39 is 5.97 Å². The number of methoxy groups -OCH3 is 1. The van der Waals surface area contributed by atoms with Crippen LogP contribution in [-0.4, -0.2) is 47.4 Å². The minimum absolute atomic E-state index is 0.265. The van der Waals surface area contributed by atoms with Crippen LogP contribution in [0.15, 0.2) is 23.3 Å². The summed E-state index contributed by atoms with van der Waals surface area (Å²) in [4.78, 5) is 33.4. The average molecular weight is 353 g/mol. The van der Waals surface area contributed by atoms with Gasteiger partial charge in [0.1, 0.15) is 11.4 Å². The van der Waals surface area contributed by atoms with Gasteiger partial charge in [0, 0.05) is 18.8 Å². The fourth-order valence-corrected chi connectivity index (χ4v) is 2.83. The van der Waals surface area contributed by atoms with Gasteiger partial charge in [0.15, 0.2) is 5.65 Å². The third kappa shape index (κ3) is 2.19. The standard InChI is InChI=1S/C16H15N7O3/c1-4-11-18-16(20-19-11)22-6-5-10-9(14(22)24)7-17-13-12(15(25)26-3)8(2)21-23(10)13/h5-7H,4H2,1-3H3,(H,18,19,20). The molecule has 0 aliphatic rings. The van der Waals surface area contributed by atoms with Crippen LogP contribution < -0.4 is 5.56 Å². The quantitative estimate of drug-likeness (QED) is 0.541. The fraction of sp³-hybridized carbons (Fsp3) is 0.250. The molecule has 0 amide bonds. The molecule has 4 aromatic heterocycles. The minimum atomic E-state index is -0.523. The van der Waals surface area contributed by atoms with E-state index in [1.165, 1.54) is 22.4 Å². The van der Waals surface area contributed by atoms with Gasteiger partial charge in [0.05, 0.1) is 23.7 Å². The summed E-state index contributed by atoms with van der Waals surface area (Å²) in [7, 11) is 1.30. The molecular formula is C16H15N7O3. The van der Waals surface area contributed by atoms with Crippen LogP contribution in [0.3, 0.4) is 0 Å². The normalized spacial score (nSPS) is 11.3. The van der Waals surface area contributed by atoms with Crippen molar-refractivity contribution in [3.63, 3.8) is 0 Å². The molecule has 26 heavy (non-hydrogen) atoms. The molecule has 0 unspecified atom stereocenters. The monoisotopic (exact) mass is 353 g/mol. The number of aromatic nitrogens is 7. The van der Waals surface area contributed by atoms with E-state index in [1.807, 2.05) is 6.92 Å². The Morgan fingerprint density at radius 1 is 1.38 bits per heavy atom. The number of carbonyl (C=O) groups excluding carboxylic acids is 1. The Hall–Kier alpha value is -3.56. The number of hydrogen-bond donors (Lipinski definition) is 1. The van der Waals surface area contributed by atoms with Gasteiger partial charge >= 0.3 is 5.97 Å². The molecule has 0 radical (unpaired) electrons. The van der Waals surface area contributed by atoms with E-state index in [2.05, 4.69) is 25.3 Å². The Morgan fingerprint density at radius 2 is 2.19 bits per heavy atom. The molecule has 4 rings (SSSR count). The van der Waals surface area contributed by atoms with E-state index in [-0.39, 0.29) is 17.1 Å². The highest BCUT2D eigenvalue weighted by molar-refractivity contribution is 5.98. The number of rotatable bonds is 3. The van der Waals surface area contributed by atoms with Gasteiger partial charge in [-0.1, -0.05) is 6.92 Å². The maximum Gasteiger partial charge on any atom is 0.343 e. The first-order valence-electron chi connectivity index (χ1n) is 7.94. The molecule has 1 N–H and O–H groups in total. The molecule has 4 aromatic rings. The highest BCUT2D eigenvalue weighted by atomic mass is 16.5. The van der Waals surface area contributed by atoms with Gasteiger partial charge in [-0.05, 0) is 13.0 Å². The van der Waals surface area contributed by atoms with Gasteiger partial charge in [-0.25, -0.2) is 18.9 Å². The largest absolute Gasteiger partial charge is 0.465 e. The number of fused-ring (bicyclic) bond motifs is 3. The number of ether oxygens (including phenoxy) is 1. The molecule has 0 aliphatic carbocycles. The van der Waals surface area contributed by atoms with Crippen molar-refractivity contribution >= 4 is 22.5 Å². The second-order valence-electron chi connectivity index (χ2n) is 5.67. The molecule has 0 fully saturated rings. The van der Waals surface area contributed by atoms with Gasteiger partial charge in [-0.2, -0.15) is 10.1 Å². The van der Waals surface area contributed by atoms with Crippen molar-refractivity contribution in [2.45, 2.75) is 20.3 Å². The molecule has 0 aliphatic heterocycles. The van der Waals surface area contributed by atoms with Crippen LogP contribution >= 0.6 is 0 Å². The van der Waals surface area contributed by atoms with Crippen molar-refractivity contribution in [3.05, 3.63) is 45.9 Å². The predicted octanol–water partition coefficient (Wildman–Crippen LogP) is 0.809. The molecule has 0 atom stereocenters. The Kier molecular flexibility index (Phi) is 3.53. The Bertz CT molecular complexity index is 1220. The summed E-state index contributed by atoms with van der Waals surface area (Å²) in [6, 6.07) is 1.71. The lowest BCUT2D eigenvalue weighted by molar-refractivity contribution is 0.0602. The third-order valence-corrected chi connectivity index (χ3v) is 4.15. The van der Waals surface area contributed by atoms with E-state index in [1.54, 1.807) is 19.2 Å². The lowest BCUT2D eigenvalue weighted by Crippen LogP contribution is -2.20. The maximum atomic E-state index is 12.8. The van der Waals surface area contributed by atoms with Gasteiger partial charge in [-0.3, -0.25) is 9.89 Å². The van der Waals surface area contributed by atoms with Crippen molar-refractivity contribution in [3.8, 4) is 5.95 Å². The van der Waals surface area contributed by atoms with Crippen LogP contribution in [0.1, 0.15) is 28.8 Å². The highest BCUT2D eigenvalue weighted by Gasteiger charge is 2.21. The first-order chi connectivity index (χ1) is 12.5. The van der Waals surface area contributed by atoms with Crippen molar-refractivity contribution < 1.29 is 9.53 Å². The molecule has 0 aromatic carbocycles. The van der Waals surface area contributed by atoms with Gasteiger partial charge < -0.3 is 4.74 Å². The van der Waals surface area contributed by atoms with E-state index in [0.717, 1.165) is 0 Å². The zero-order chi connectivity index (χ0) is 18.4. The van der Waals surface area contributed by atoms with Gasteiger partial charge in [-0.15, -0.1) is 5.10 Å². The molecule has 0 saturated heterocycles. The maximum absolute atomic E-state index is 12.8.